The Morgan fingerprint density at radius 1 is 0.964 bits per heavy atom. The fourth-order valence-corrected chi connectivity index (χ4v) is 2.79. The Balaban J connectivity index is 1.64. The van der Waals surface area contributed by atoms with E-state index in [4.69, 9.17) is 9.47 Å². The van der Waals surface area contributed by atoms with Crippen molar-refractivity contribution in [1.82, 2.24) is 0 Å². The Kier molecular flexibility index (Phi) is 5.63. The molecule has 0 heterocycles. The summed E-state index contributed by atoms with van der Waals surface area (Å²) in [5.74, 6) is -0.510. The van der Waals surface area contributed by atoms with Gasteiger partial charge in [0, 0.05) is 17.4 Å². The summed E-state index contributed by atoms with van der Waals surface area (Å²) in [6, 6.07) is 13.3. The SMILES string of the molecule is CCOC(=O)c1ccc(NC(=O)C2(C(=O)Nc3cccc(OC)c3)CC2)cc1. The number of hydrogen-bond acceptors (Lipinski definition) is 5. The van der Waals surface area contributed by atoms with Gasteiger partial charge in [0.15, 0.2) is 0 Å². The molecular formula is C21H22N2O5. The van der Waals surface area contributed by atoms with Gasteiger partial charge in [-0.05, 0) is 56.2 Å². The molecule has 0 saturated heterocycles. The molecule has 2 aromatic carbocycles. The zero-order valence-corrected chi connectivity index (χ0v) is 15.8. The van der Waals surface area contributed by atoms with Gasteiger partial charge in [0.2, 0.25) is 11.8 Å². The van der Waals surface area contributed by atoms with E-state index in [1.165, 1.54) is 0 Å². The molecule has 2 N–H and O–H groups in total. The lowest BCUT2D eigenvalue weighted by molar-refractivity contribution is -0.131. The fraction of sp³-hybridized carbons (Fsp3) is 0.286. The highest BCUT2D eigenvalue weighted by Gasteiger charge is 2.56. The molecule has 0 spiro atoms. The van der Waals surface area contributed by atoms with E-state index < -0.39 is 11.4 Å². The van der Waals surface area contributed by atoms with Gasteiger partial charge in [-0.3, -0.25) is 9.59 Å². The maximum Gasteiger partial charge on any atom is 0.338 e. The number of rotatable bonds is 7. The largest absolute Gasteiger partial charge is 0.497 e. The number of anilines is 2. The smallest absolute Gasteiger partial charge is 0.338 e. The molecule has 7 heteroatoms. The van der Waals surface area contributed by atoms with Crippen LogP contribution in [-0.2, 0) is 14.3 Å². The average molecular weight is 382 g/mol. The molecule has 0 aromatic heterocycles. The highest BCUT2D eigenvalue weighted by molar-refractivity contribution is 6.17. The number of esters is 1. The summed E-state index contributed by atoms with van der Waals surface area (Å²) in [6.07, 6.45) is 0.963. The van der Waals surface area contributed by atoms with Crippen LogP contribution in [0.2, 0.25) is 0 Å². The molecule has 2 aromatic rings. The van der Waals surface area contributed by atoms with Crippen LogP contribution in [0, 0.1) is 5.41 Å². The summed E-state index contributed by atoms with van der Waals surface area (Å²) >= 11 is 0. The summed E-state index contributed by atoms with van der Waals surface area (Å²) in [5.41, 5.74) is 0.403. The number of amides is 2. The molecule has 28 heavy (non-hydrogen) atoms. The van der Waals surface area contributed by atoms with Crippen LogP contribution in [0.1, 0.15) is 30.1 Å². The first kappa shape index (κ1) is 19.4. The zero-order valence-electron chi connectivity index (χ0n) is 15.8. The van der Waals surface area contributed by atoms with E-state index in [0.717, 1.165) is 0 Å². The summed E-state index contributed by atoms with van der Waals surface area (Å²) in [7, 11) is 1.55. The molecule has 0 atom stereocenters. The lowest BCUT2D eigenvalue weighted by Crippen LogP contribution is -2.35. The second-order valence-corrected chi connectivity index (χ2v) is 6.52. The molecule has 2 amide bonds. The van der Waals surface area contributed by atoms with Crippen LogP contribution in [-0.4, -0.2) is 31.5 Å². The minimum absolute atomic E-state index is 0.294. The molecule has 1 fully saturated rings. The van der Waals surface area contributed by atoms with Crippen LogP contribution >= 0.6 is 0 Å². The van der Waals surface area contributed by atoms with Gasteiger partial charge in [0.1, 0.15) is 11.2 Å². The molecule has 0 unspecified atom stereocenters. The normalized spacial score (nSPS) is 13.9. The van der Waals surface area contributed by atoms with Crippen molar-refractivity contribution in [1.29, 1.82) is 0 Å². The van der Waals surface area contributed by atoms with Crippen molar-refractivity contribution in [3.8, 4) is 5.75 Å². The predicted octanol–water partition coefficient (Wildman–Crippen LogP) is 3.23. The third kappa shape index (κ3) is 4.14. The van der Waals surface area contributed by atoms with Gasteiger partial charge in [0.05, 0.1) is 19.3 Å². The predicted molar refractivity (Wildman–Crippen MR) is 104 cm³/mol. The Morgan fingerprint density at radius 3 is 2.18 bits per heavy atom. The molecular weight excluding hydrogens is 360 g/mol. The zero-order chi connectivity index (χ0) is 20.1. The van der Waals surface area contributed by atoms with Crippen molar-refractivity contribution in [3.05, 3.63) is 54.1 Å². The van der Waals surface area contributed by atoms with Gasteiger partial charge < -0.3 is 20.1 Å². The van der Waals surface area contributed by atoms with E-state index in [9.17, 15) is 14.4 Å². The number of carbonyl (C=O) groups excluding carboxylic acids is 3. The molecule has 1 aliphatic carbocycles. The molecule has 0 radical (unpaired) electrons. The standard InChI is InChI=1S/C21H22N2O5/c1-3-28-18(24)14-7-9-15(10-8-14)22-19(25)21(11-12-21)20(26)23-16-5-4-6-17(13-16)27-2/h4-10,13H,3,11-12H2,1-2H3,(H,22,25)(H,23,26). The lowest BCUT2D eigenvalue weighted by atomic mass is 10.0. The highest BCUT2D eigenvalue weighted by Crippen LogP contribution is 2.47. The van der Waals surface area contributed by atoms with E-state index >= 15 is 0 Å². The molecule has 1 aliphatic rings. The molecule has 1 saturated carbocycles. The van der Waals surface area contributed by atoms with Gasteiger partial charge in [-0.2, -0.15) is 0 Å². The van der Waals surface area contributed by atoms with Crippen LogP contribution in [0.15, 0.2) is 48.5 Å². The van der Waals surface area contributed by atoms with Gasteiger partial charge in [0.25, 0.3) is 0 Å². The summed E-state index contributed by atoms with van der Waals surface area (Å²) in [6.45, 7) is 2.03. The second-order valence-electron chi connectivity index (χ2n) is 6.52. The minimum Gasteiger partial charge on any atom is -0.497 e. The molecule has 0 bridgehead atoms. The second kappa shape index (κ2) is 8.12. The molecule has 146 valence electrons. The summed E-state index contributed by atoms with van der Waals surface area (Å²) in [4.78, 5) is 37.0. The maximum atomic E-state index is 12.7. The number of methoxy groups -OCH3 is 1. The number of nitrogens with one attached hydrogen (secondary N) is 2. The Morgan fingerprint density at radius 2 is 1.61 bits per heavy atom. The Hall–Kier alpha value is -3.35. The van der Waals surface area contributed by atoms with Crippen LogP contribution < -0.4 is 15.4 Å². The Labute approximate surface area is 163 Å². The van der Waals surface area contributed by atoms with Crippen molar-refractivity contribution < 1.29 is 23.9 Å². The average Bonchev–Trinajstić information content (AvgIpc) is 3.51. The molecule has 0 aliphatic heterocycles. The number of ether oxygens (including phenoxy) is 2. The van der Waals surface area contributed by atoms with Gasteiger partial charge >= 0.3 is 5.97 Å². The van der Waals surface area contributed by atoms with Gasteiger partial charge in [-0.25, -0.2) is 4.79 Å². The Bertz CT molecular complexity index is 888. The van der Waals surface area contributed by atoms with Crippen molar-refractivity contribution in [3.63, 3.8) is 0 Å². The van der Waals surface area contributed by atoms with Gasteiger partial charge in [-0.15, -0.1) is 0 Å². The highest BCUT2D eigenvalue weighted by atomic mass is 16.5. The topological polar surface area (TPSA) is 93.7 Å². The van der Waals surface area contributed by atoms with E-state index in [0.29, 0.717) is 42.1 Å². The maximum absolute atomic E-state index is 12.7. The number of benzene rings is 2. The lowest BCUT2D eigenvalue weighted by Gasteiger charge is -2.16. The van der Waals surface area contributed by atoms with Crippen LogP contribution in [0.5, 0.6) is 5.75 Å². The van der Waals surface area contributed by atoms with Crippen molar-refractivity contribution in [2.45, 2.75) is 19.8 Å². The third-order valence-electron chi connectivity index (χ3n) is 4.60. The van der Waals surface area contributed by atoms with Crippen molar-refractivity contribution in [2.75, 3.05) is 24.4 Å². The van der Waals surface area contributed by atoms with E-state index in [2.05, 4.69) is 10.6 Å². The van der Waals surface area contributed by atoms with E-state index in [1.807, 2.05) is 0 Å². The quantitative estimate of drug-likeness (QED) is 0.566. The first-order valence-electron chi connectivity index (χ1n) is 9.02. The molecule has 3 rings (SSSR count). The van der Waals surface area contributed by atoms with E-state index in [1.54, 1.807) is 62.6 Å². The van der Waals surface area contributed by atoms with Crippen LogP contribution in [0.3, 0.4) is 0 Å². The van der Waals surface area contributed by atoms with Crippen molar-refractivity contribution in [2.24, 2.45) is 5.41 Å². The van der Waals surface area contributed by atoms with Crippen LogP contribution in [0.25, 0.3) is 0 Å². The monoisotopic (exact) mass is 382 g/mol. The number of carbonyl (C=O) groups is 3. The minimum atomic E-state index is -1.08. The van der Waals surface area contributed by atoms with Gasteiger partial charge in [-0.1, -0.05) is 6.07 Å². The number of hydrogen-bond donors (Lipinski definition) is 2. The summed E-state index contributed by atoms with van der Waals surface area (Å²) < 4.78 is 10.1. The summed E-state index contributed by atoms with van der Waals surface area (Å²) in [5, 5.41) is 5.54. The third-order valence-corrected chi connectivity index (χ3v) is 4.60. The molecule has 7 nitrogen and oxygen atoms in total. The van der Waals surface area contributed by atoms with E-state index in [-0.39, 0.29) is 11.8 Å². The fourth-order valence-electron chi connectivity index (χ4n) is 2.79. The first-order valence-corrected chi connectivity index (χ1v) is 9.02. The van der Waals surface area contributed by atoms with Crippen molar-refractivity contribution >= 4 is 29.2 Å². The van der Waals surface area contributed by atoms with Crippen LogP contribution in [0.4, 0.5) is 11.4 Å². The first-order chi connectivity index (χ1) is 13.5.